The molecule has 7 heteroatoms. The second-order valence-corrected chi connectivity index (χ2v) is 7.98. The first-order chi connectivity index (χ1) is 16.9. The molecule has 0 saturated heterocycles. The topological polar surface area (TPSA) is 90.5 Å². The molecular formula is C28H28N2O5. The van der Waals surface area contributed by atoms with Crippen LogP contribution in [0.1, 0.15) is 32.9 Å². The predicted octanol–water partition coefficient (Wildman–Crippen LogP) is 4.70. The highest BCUT2D eigenvalue weighted by Crippen LogP contribution is 2.19. The van der Waals surface area contributed by atoms with E-state index in [2.05, 4.69) is 4.57 Å². The molecule has 0 radical (unpaired) electrons. The Bertz CT molecular complexity index is 1260. The largest absolute Gasteiger partial charge is 0.497 e. The number of nitrogens with zero attached hydrogens (tertiary/aromatic N) is 2. The number of hydrogen-bond donors (Lipinski definition) is 0. The maximum absolute atomic E-state index is 12.8. The van der Waals surface area contributed by atoms with Crippen molar-refractivity contribution in [2.45, 2.75) is 26.8 Å². The van der Waals surface area contributed by atoms with Crippen LogP contribution >= 0.6 is 0 Å². The summed E-state index contributed by atoms with van der Waals surface area (Å²) in [4.78, 5) is 25.2. The van der Waals surface area contributed by atoms with Gasteiger partial charge in [0.05, 0.1) is 14.2 Å². The average Bonchev–Trinajstić information content (AvgIpc) is 3.17. The minimum absolute atomic E-state index is 0.187. The van der Waals surface area contributed by atoms with E-state index in [0.717, 1.165) is 29.1 Å². The molecule has 0 unspecified atom stereocenters. The summed E-state index contributed by atoms with van der Waals surface area (Å²) >= 11 is 0. The van der Waals surface area contributed by atoms with Crippen molar-refractivity contribution in [3.63, 3.8) is 0 Å². The van der Waals surface area contributed by atoms with E-state index in [1.54, 1.807) is 44.6 Å². The summed E-state index contributed by atoms with van der Waals surface area (Å²) in [7, 11) is 3.19. The number of hydrogen-bond acceptors (Lipinski definition) is 6. The molecule has 180 valence electrons. The molecular weight excluding hydrogens is 444 g/mol. The van der Waals surface area contributed by atoms with Crippen molar-refractivity contribution in [3.8, 4) is 17.6 Å². The fourth-order valence-corrected chi connectivity index (χ4v) is 3.75. The molecule has 1 aromatic heterocycles. The van der Waals surface area contributed by atoms with E-state index in [1.165, 1.54) is 6.08 Å². The Morgan fingerprint density at radius 3 is 2.14 bits per heavy atom. The van der Waals surface area contributed by atoms with Gasteiger partial charge in [0.2, 0.25) is 5.78 Å². The van der Waals surface area contributed by atoms with Crippen LogP contribution in [0.4, 0.5) is 0 Å². The van der Waals surface area contributed by atoms with Gasteiger partial charge < -0.3 is 18.8 Å². The third-order valence-electron chi connectivity index (χ3n) is 5.76. The van der Waals surface area contributed by atoms with Crippen LogP contribution in [0.25, 0.3) is 6.08 Å². The van der Waals surface area contributed by atoms with Crippen molar-refractivity contribution in [3.05, 3.63) is 88.2 Å². The summed E-state index contributed by atoms with van der Waals surface area (Å²) in [6, 6.07) is 18.4. The van der Waals surface area contributed by atoms with Gasteiger partial charge in [0, 0.05) is 23.5 Å². The summed E-state index contributed by atoms with van der Waals surface area (Å²) in [6.07, 6.45) is 2.21. The third kappa shape index (κ3) is 6.39. The van der Waals surface area contributed by atoms with Crippen LogP contribution < -0.4 is 9.47 Å². The molecule has 0 saturated carbocycles. The van der Waals surface area contributed by atoms with Crippen LogP contribution in [0.5, 0.6) is 11.5 Å². The minimum atomic E-state index is -0.843. The average molecular weight is 473 g/mol. The zero-order valence-corrected chi connectivity index (χ0v) is 20.3. The summed E-state index contributed by atoms with van der Waals surface area (Å²) < 4.78 is 17.5. The number of Topliss-reactive ketones (excluding diaryl/α,β-unsaturated/α-hetero) is 1. The maximum Gasteiger partial charge on any atom is 0.349 e. The van der Waals surface area contributed by atoms with Gasteiger partial charge in [-0.25, -0.2) is 4.79 Å². The summed E-state index contributed by atoms with van der Waals surface area (Å²) in [5.74, 6) is 0.312. The van der Waals surface area contributed by atoms with E-state index in [0.29, 0.717) is 23.4 Å². The highest BCUT2D eigenvalue weighted by atomic mass is 16.5. The Balaban J connectivity index is 1.63. The Hall–Kier alpha value is -4.31. The monoisotopic (exact) mass is 472 g/mol. The molecule has 0 fully saturated rings. The molecule has 0 bridgehead atoms. The smallest absolute Gasteiger partial charge is 0.349 e. The highest BCUT2D eigenvalue weighted by Gasteiger charge is 2.19. The molecule has 35 heavy (non-hydrogen) atoms. The van der Waals surface area contributed by atoms with Gasteiger partial charge in [0.15, 0.2) is 6.61 Å². The van der Waals surface area contributed by atoms with Crippen molar-refractivity contribution in [2.75, 3.05) is 20.8 Å². The number of rotatable bonds is 10. The number of nitriles is 1. The van der Waals surface area contributed by atoms with Gasteiger partial charge in [-0.05, 0) is 67.8 Å². The van der Waals surface area contributed by atoms with Crippen LogP contribution in [0.3, 0.4) is 0 Å². The van der Waals surface area contributed by atoms with Gasteiger partial charge >= 0.3 is 5.97 Å². The van der Waals surface area contributed by atoms with Crippen molar-refractivity contribution < 1.29 is 23.8 Å². The zero-order valence-electron chi connectivity index (χ0n) is 20.3. The molecule has 0 atom stereocenters. The van der Waals surface area contributed by atoms with Crippen LogP contribution in [0.2, 0.25) is 0 Å². The van der Waals surface area contributed by atoms with Crippen LogP contribution in [-0.4, -0.2) is 37.1 Å². The lowest BCUT2D eigenvalue weighted by molar-refractivity contribution is -0.137. The fraction of sp³-hybridized carbons (Fsp3) is 0.250. The van der Waals surface area contributed by atoms with Gasteiger partial charge in [0.1, 0.15) is 23.1 Å². The van der Waals surface area contributed by atoms with Crippen molar-refractivity contribution in [1.29, 1.82) is 5.26 Å². The number of benzene rings is 2. The van der Waals surface area contributed by atoms with Gasteiger partial charge in [-0.1, -0.05) is 24.3 Å². The van der Waals surface area contributed by atoms with E-state index in [9.17, 15) is 14.9 Å². The SMILES string of the molecule is COc1ccc(/C=C(\C#N)C(=O)OCC(=O)c2cc(C)n(CCc3ccc(OC)cc3)c2C)cc1. The highest BCUT2D eigenvalue weighted by molar-refractivity contribution is 6.02. The lowest BCUT2D eigenvalue weighted by Gasteiger charge is -2.10. The molecule has 0 aliphatic rings. The summed E-state index contributed by atoms with van der Waals surface area (Å²) in [5.41, 5.74) is 3.88. The van der Waals surface area contributed by atoms with E-state index in [-0.39, 0.29) is 11.4 Å². The number of aryl methyl sites for hydroxylation is 2. The first-order valence-corrected chi connectivity index (χ1v) is 11.1. The van der Waals surface area contributed by atoms with E-state index < -0.39 is 12.6 Å². The number of carbonyl (C=O) groups excluding carboxylic acids is 2. The minimum Gasteiger partial charge on any atom is -0.497 e. The number of esters is 1. The molecule has 2 aromatic carbocycles. The predicted molar refractivity (Wildman–Crippen MR) is 132 cm³/mol. The van der Waals surface area contributed by atoms with Gasteiger partial charge in [-0.2, -0.15) is 5.26 Å². The van der Waals surface area contributed by atoms with Gasteiger partial charge in [0.25, 0.3) is 0 Å². The van der Waals surface area contributed by atoms with Crippen molar-refractivity contribution in [2.24, 2.45) is 0 Å². The lowest BCUT2D eigenvalue weighted by Crippen LogP contribution is -2.16. The van der Waals surface area contributed by atoms with E-state index in [4.69, 9.17) is 14.2 Å². The second kappa shape index (κ2) is 11.7. The van der Waals surface area contributed by atoms with Crippen molar-refractivity contribution in [1.82, 2.24) is 4.57 Å². The number of aromatic nitrogens is 1. The van der Waals surface area contributed by atoms with Crippen LogP contribution in [0.15, 0.2) is 60.2 Å². The van der Waals surface area contributed by atoms with E-state index >= 15 is 0 Å². The van der Waals surface area contributed by atoms with Crippen LogP contribution in [0, 0.1) is 25.2 Å². The zero-order chi connectivity index (χ0) is 25.4. The van der Waals surface area contributed by atoms with Gasteiger partial charge in [-0.15, -0.1) is 0 Å². The lowest BCUT2D eigenvalue weighted by atomic mass is 10.1. The molecule has 1 heterocycles. The molecule has 0 aliphatic carbocycles. The second-order valence-electron chi connectivity index (χ2n) is 7.98. The third-order valence-corrected chi connectivity index (χ3v) is 5.76. The number of carbonyl (C=O) groups is 2. The molecule has 3 aromatic rings. The number of ketones is 1. The molecule has 3 rings (SSSR count). The van der Waals surface area contributed by atoms with Crippen molar-refractivity contribution >= 4 is 17.8 Å². The molecule has 0 N–H and O–H groups in total. The molecule has 0 aliphatic heterocycles. The first kappa shape index (κ1) is 25.3. The molecule has 0 spiro atoms. The summed E-state index contributed by atoms with van der Waals surface area (Å²) in [6.45, 7) is 4.08. The Morgan fingerprint density at radius 1 is 0.971 bits per heavy atom. The quantitative estimate of drug-likeness (QED) is 0.184. The molecule has 7 nitrogen and oxygen atoms in total. The number of methoxy groups -OCH3 is 2. The van der Waals surface area contributed by atoms with Gasteiger partial charge in [-0.3, -0.25) is 4.79 Å². The number of ether oxygens (including phenoxy) is 3. The Morgan fingerprint density at radius 2 is 1.57 bits per heavy atom. The maximum atomic E-state index is 12.8. The standard InChI is InChI=1S/C28H28N2O5/c1-19-15-26(20(2)30(19)14-13-21-5-9-24(33-3)10-6-21)27(31)18-35-28(32)23(17-29)16-22-7-11-25(34-4)12-8-22/h5-12,15-16H,13-14,18H2,1-4H3/b23-16+. The normalized spacial score (nSPS) is 11.0. The Labute approximate surface area is 205 Å². The molecule has 0 amide bonds. The first-order valence-electron chi connectivity index (χ1n) is 11.1. The Kier molecular flexibility index (Phi) is 8.47. The van der Waals surface area contributed by atoms with Crippen LogP contribution in [-0.2, 0) is 22.5 Å². The van der Waals surface area contributed by atoms with E-state index in [1.807, 2.05) is 44.2 Å². The summed E-state index contributed by atoms with van der Waals surface area (Å²) in [5, 5.41) is 9.37. The fourth-order valence-electron chi connectivity index (χ4n) is 3.75.